The Kier molecular flexibility index (Phi) is 9.94. The lowest BCUT2D eigenvalue weighted by molar-refractivity contribution is -0.0201. The molecule has 14 rings (SSSR count). The van der Waals surface area contributed by atoms with Crippen LogP contribution in [-0.2, 0) is 4.74 Å². The first-order valence-corrected chi connectivity index (χ1v) is 27.8. The topological polar surface area (TPSA) is 19.0 Å². The van der Waals surface area contributed by atoms with E-state index < -0.39 is 0 Å². The fourth-order valence-electron chi connectivity index (χ4n) is 18.2. The van der Waals surface area contributed by atoms with Gasteiger partial charge in [-0.2, -0.15) is 0 Å². The van der Waals surface area contributed by atoms with Gasteiger partial charge >= 0.3 is 0 Å². The molecule has 0 aromatic rings. The van der Waals surface area contributed by atoms with Crippen LogP contribution in [0.4, 0.5) is 0 Å². The maximum Gasteiger partial charge on any atom is 0.220 e. The van der Waals surface area contributed by atoms with Crippen LogP contribution in [0.3, 0.4) is 0 Å². The monoisotopic (exact) mass is 882 g/mol. The second-order valence-electron chi connectivity index (χ2n) is 23.5. The Balaban J connectivity index is 0.997. The van der Waals surface area contributed by atoms with E-state index in [1.165, 1.54) is 83.5 Å². The molecular weight excluding hydrogens is 810 g/mol. The van der Waals surface area contributed by atoms with Gasteiger partial charge in [-0.25, -0.2) is 0 Å². The van der Waals surface area contributed by atoms with Gasteiger partial charge in [-0.15, -0.1) is 11.8 Å². The van der Waals surface area contributed by atoms with Gasteiger partial charge in [0, 0.05) is 65.0 Å². The van der Waals surface area contributed by atoms with E-state index in [0.717, 1.165) is 18.8 Å². The predicted octanol–water partition coefficient (Wildman–Crippen LogP) is 12.0. The highest BCUT2D eigenvalue weighted by Gasteiger charge is 2.73. The summed E-state index contributed by atoms with van der Waals surface area (Å²) in [6.45, 7) is 6.00. The van der Waals surface area contributed by atoms with Crippen LogP contribution in [0.5, 0.6) is 0 Å². The van der Waals surface area contributed by atoms with Gasteiger partial charge in [0.15, 0.2) is 0 Å². The van der Waals surface area contributed by atoms with Gasteiger partial charge in [0.1, 0.15) is 0 Å². The van der Waals surface area contributed by atoms with Crippen molar-refractivity contribution < 1.29 is 4.74 Å². The molecule has 9 aliphatic carbocycles. The Hall–Kier alpha value is -3.03. The average molecular weight is 882 g/mol. The summed E-state index contributed by atoms with van der Waals surface area (Å²) < 4.78 is 7.83. The van der Waals surface area contributed by atoms with Crippen molar-refractivity contribution in [2.45, 2.75) is 186 Å². The maximum absolute atomic E-state index is 7.83. The van der Waals surface area contributed by atoms with E-state index >= 15 is 0 Å². The third kappa shape index (κ3) is 6.00. The molecule has 5 fully saturated rings. The summed E-state index contributed by atoms with van der Waals surface area (Å²) >= 11 is 2.26. The zero-order chi connectivity index (χ0) is 43.0. The van der Waals surface area contributed by atoms with Gasteiger partial charge in [-0.3, -0.25) is 9.80 Å². The fraction of sp³-hybridized carbons (Fsp3) is 0.593. The summed E-state index contributed by atoms with van der Waals surface area (Å²) in [5, 5.41) is 0.957. The number of thioether (sulfide) groups is 1. The summed E-state index contributed by atoms with van der Waals surface area (Å²) in [5.74, 6) is 2.77. The number of hydrogen-bond donors (Lipinski definition) is 0. The maximum atomic E-state index is 7.83. The molecule has 0 bridgehead atoms. The summed E-state index contributed by atoms with van der Waals surface area (Å²) in [5.41, 5.74) is 7.54. The van der Waals surface area contributed by atoms with Crippen molar-refractivity contribution in [3.05, 3.63) is 144 Å². The van der Waals surface area contributed by atoms with Crippen LogP contribution in [0.25, 0.3) is 0 Å². The smallest absolute Gasteiger partial charge is 0.220 e. The van der Waals surface area contributed by atoms with Crippen molar-refractivity contribution in [3.8, 4) is 0 Å². The highest BCUT2D eigenvalue weighted by Crippen LogP contribution is 2.70. The van der Waals surface area contributed by atoms with Crippen LogP contribution in [0.15, 0.2) is 144 Å². The minimum Gasteiger partial charge on any atom is -0.376 e. The Bertz CT molecular complexity index is 2330. The second-order valence-corrected chi connectivity index (χ2v) is 24.8. The average Bonchev–Trinajstić information content (AvgIpc) is 3.99. The second kappa shape index (κ2) is 15.8. The number of hydrogen-bond acceptors (Lipinski definition) is 5. The standard InChI is InChI=1S/C59H72BN3OS/c1-58(2)59(32-17-6-18-33-59)46-34-39(38-20-7-3-8-21-38)35-47-55(46)63(58)50-37-42(61(40-22-9-4-10-23-40)41-24-11-5-12-25-41)36-49-53(50)60(47)57-54(45-27-13-15-30-51(45)64-57)62(49)48-29-19-28-44-43-26-14-16-31-52(43)65-56(44)48/h3-4,7,9-11,13-16,19,22,24,26-31,35,38,40-43,45-48,50-52,54-57H,5-6,8,12,17-18,20-21,23,25,32-34,36-37H2,1-2H3. The van der Waals surface area contributed by atoms with Crippen molar-refractivity contribution in [1.29, 1.82) is 0 Å². The first kappa shape index (κ1) is 41.0. The molecule has 1 spiro atoms. The molecular formula is C59H72BN3OS. The predicted molar refractivity (Wildman–Crippen MR) is 271 cm³/mol. The summed E-state index contributed by atoms with van der Waals surface area (Å²) in [4.78, 5) is 9.59. The lowest BCUT2D eigenvalue weighted by Gasteiger charge is -2.63. The molecule has 5 aliphatic heterocycles. The SMILES string of the molecule is CC1(C)N2C3CC(N(C4C=CC=CC4)C4C=CCCC4)CC4=C3B(C3C=C(C5CC=CCC5)CC(C32)C12CCCCC2)C1OC2C=CC=CC2C1N4C1C=CC=C2C3C=CC=CC3SC21. The zero-order valence-corrected chi connectivity index (χ0v) is 39.9. The number of allylic oxidation sites excluding steroid dienone is 13. The first-order valence-electron chi connectivity index (χ1n) is 26.8. The molecule has 5 heterocycles. The van der Waals surface area contributed by atoms with E-state index in [-0.39, 0.29) is 17.6 Å². The van der Waals surface area contributed by atoms with E-state index in [0.29, 0.717) is 88.5 Å². The number of ether oxygens (including phenoxy) is 1. The minimum atomic E-state index is 0.115. The number of nitrogens with zero attached hydrogens (tertiary/aromatic N) is 3. The van der Waals surface area contributed by atoms with Gasteiger partial charge in [0.05, 0.1) is 29.4 Å². The highest BCUT2D eigenvalue weighted by molar-refractivity contribution is 8.01. The molecule has 16 atom stereocenters. The van der Waals surface area contributed by atoms with Gasteiger partial charge < -0.3 is 9.64 Å². The molecule has 4 saturated heterocycles. The van der Waals surface area contributed by atoms with E-state index in [1.54, 1.807) is 11.3 Å². The largest absolute Gasteiger partial charge is 0.376 e. The van der Waals surface area contributed by atoms with E-state index in [4.69, 9.17) is 4.74 Å². The van der Waals surface area contributed by atoms with Gasteiger partial charge in [-0.1, -0.05) is 152 Å². The Labute approximate surface area is 395 Å². The van der Waals surface area contributed by atoms with Gasteiger partial charge in [0.2, 0.25) is 6.71 Å². The Morgan fingerprint density at radius 2 is 1.65 bits per heavy atom. The van der Waals surface area contributed by atoms with Crippen LogP contribution in [0.2, 0.25) is 5.82 Å². The molecule has 65 heavy (non-hydrogen) atoms. The molecule has 14 aliphatic rings. The van der Waals surface area contributed by atoms with E-state index in [9.17, 15) is 0 Å². The summed E-state index contributed by atoms with van der Waals surface area (Å²) in [6.07, 6.45) is 69.5. The van der Waals surface area contributed by atoms with Crippen LogP contribution in [0.1, 0.15) is 110 Å². The van der Waals surface area contributed by atoms with Crippen LogP contribution in [0, 0.1) is 29.1 Å². The van der Waals surface area contributed by atoms with Gasteiger partial charge in [0.25, 0.3) is 0 Å². The Morgan fingerprint density at radius 1 is 0.769 bits per heavy atom. The molecule has 6 heteroatoms. The van der Waals surface area contributed by atoms with Crippen molar-refractivity contribution in [1.82, 2.24) is 14.7 Å². The molecule has 1 saturated carbocycles. The lowest BCUT2D eigenvalue weighted by Crippen LogP contribution is -2.72. The lowest BCUT2D eigenvalue weighted by atomic mass is 9.25. The third-order valence-corrected chi connectivity index (χ3v) is 22.3. The quantitative estimate of drug-likeness (QED) is 0.202. The first-order chi connectivity index (χ1) is 32.0. The zero-order valence-electron chi connectivity index (χ0n) is 39.1. The molecule has 4 nitrogen and oxygen atoms in total. The normalized spacial score (nSPS) is 45.4. The van der Waals surface area contributed by atoms with Crippen molar-refractivity contribution in [2.75, 3.05) is 0 Å². The van der Waals surface area contributed by atoms with Gasteiger partial charge in [-0.05, 0) is 113 Å². The molecule has 0 aromatic heterocycles. The molecule has 0 amide bonds. The minimum absolute atomic E-state index is 0.115. The number of rotatable bonds is 5. The molecule has 0 aromatic carbocycles. The molecule has 16 unspecified atom stereocenters. The van der Waals surface area contributed by atoms with Crippen molar-refractivity contribution in [2.24, 2.45) is 29.1 Å². The summed E-state index contributed by atoms with van der Waals surface area (Å²) in [7, 11) is 0. The Morgan fingerprint density at radius 3 is 2.49 bits per heavy atom. The number of fused-ring (bicyclic) bond motifs is 10. The van der Waals surface area contributed by atoms with Crippen LogP contribution < -0.4 is 0 Å². The van der Waals surface area contributed by atoms with Crippen molar-refractivity contribution >= 4 is 18.5 Å². The third-order valence-electron chi connectivity index (χ3n) is 20.7. The highest BCUT2D eigenvalue weighted by atomic mass is 32.2. The fourth-order valence-corrected chi connectivity index (χ4v) is 19.9. The van der Waals surface area contributed by atoms with E-state index in [1.807, 2.05) is 11.0 Å². The molecule has 0 N–H and O–H groups in total. The molecule has 0 radical (unpaired) electrons. The summed E-state index contributed by atoms with van der Waals surface area (Å²) in [6, 6.07) is 3.19. The van der Waals surface area contributed by atoms with E-state index in [2.05, 4.69) is 162 Å². The van der Waals surface area contributed by atoms with Crippen LogP contribution in [-0.4, -0.2) is 91.9 Å². The van der Waals surface area contributed by atoms with Crippen molar-refractivity contribution in [3.63, 3.8) is 0 Å². The molecule has 338 valence electrons. The van der Waals surface area contributed by atoms with Crippen LogP contribution >= 0.6 is 11.8 Å².